The Kier molecular flexibility index (Phi) is 3.59. The van der Waals surface area contributed by atoms with Gasteiger partial charge in [0.05, 0.1) is 0 Å². The Morgan fingerprint density at radius 1 is 1.31 bits per heavy atom. The zero-order chi connectivity index (χ0) is 11.5. The summed E-state index contributed by atoms with van der Waals surface area (Å²) in [7, 11) is 0. The summed E-state index contributed by atoms with van der Waals surface area (Å²) in [6.45, 7) is 2.29. The molecule has 2 heteroatoms. The summed E-state index contributed by atoms with van der Waals surface area (Å²) < 4.78 is 12.8. The molecular weight excluding hydrogens is 201 g/mol. The van der Waals surface area contributed by atoms with E-state index in [1.165, 1.54) is 31.4 Å². The summed E-state index contributed by atoms with van der Waals surface area (Å²) in [5, 5.41) is 0. The highest BCUT2D eigenvalue weighted by atomic mass is 19.1. The molecule has 2 rings (SSSR count). The molecule has 0 spiro atoms. The van der Waals surface area contributed by atoms with Gasteiger partial charge in [0.2, 0.25) is 0 Å². The van der Waals surface area contributed by atoms with Crippen molar-refractivity contribution in [3.05, 3.63) is 35.6 Å². The molecule has 2 N–H and O–H groups in total. The van der Waals surface area contributed by atoms with Crippen molar-refractivity contribution in [2.45, 2.75) is 38.6 Å². The lowest BCUT2D eigenvalue weighted by atomic mass is 9.87. The summed E-state index contributed by atoms with van der Waals surface area (Å²) >= 11 is 0. The summed E-state index contributed by atoms with van der Waals surface area (Å²) in [4.78, 5) is 0. The Balaban J connectivity index is 1.96. The van der Waals surface area contributed by atoms with Crippen molar-refractivity contribution in [2.75, 3.05) is 0 Å². The van der Waals surface area contributed by atoms with Gasteiger partial charge in [-0.2, -0.15) is 0 Å². The van der Waals surface area contributed by atoms with Gasteiger partial charge in [0.25, 0.3) is 0 Å². The second-order valence-corrected chi connectivity index (χ2v) is 5.07. The second kappa shape index (κ2) is 4.96. The summed E-state index contributed by atoms with van der Waals surface area (Å²) in [5.41, 5.74) is 7.39. The average Bonchev–Trinajstić information content (AvgIpc) is 2.68. The molecule has 1 aromatic carbocycles. The first-order chi connectivity index (χ1) is 7.66. The molecule has 0 amide bonds. The maximum absolute atomic E-state index is 12.8. The van der Waals surface area contributed by atoms with Crippen LogP contribution in [0.5, 0.6) is 0 Å². The fraction of sp³-hybridized carbons (Fsp3) is 0.571. The molecule has 0 aliphatic heterocycles. The van der Waals surface area contributed by atoms with Crippen LogP contribution in [0.1, 0.15) is 31.7 Å². The fourth-order valence-corrected chi connectivity index (χ4v) is 2.85. The van der Waals surface area contributed by atoms with Crippen LogP contribution >= 0.6 is 0 Å². The van der Waals surface area contributed by atoms with Crippen LogP contribution < -0.4 is 5.73 Å². The van der Waals surface area contributed by atoms with E-state index in [-0.39, 0.29) is 11.9 Å². The Labute approximate surface area is 96.9 Å². The van der Waals surface area contributed by atoms with Gasteiger partial charge in [0.15, 0.2) is 0 Å². The maximum Gasteiger partial charge on any atom is 0.123 e. The normalized spacial score (nSPS) is 26.9. The molecule has 1 aliphatic rings. The lowest BCUT2D eigenvalue weighted by molar-refractivity contribution is 0.343. The quantitative estimate of drug-likeness (QED) is 0.833. The molecule has 16 heavy (non-hydrogen) atoms. The van der Waals surface area contributed by atoms with Gasteiger partial charge in [0.1, 0.15) is 5.82 Å². The molecule has 3 unspecified atom stereocenters. The molecular formula is C14H20FN. The maximum atomic E-state index is 12.8. The molecule has 0 bridgehead atoms. The van der Waals surface area contributed by atoms with Crippen molar-refractivity contribution >= 4 is 0 Å². The van der Waals surface area contributed by atoms with E-state index in [2.05, 4.69) is 6.92 Å². The third-order valence-electron chi connectivity index (χ3n) is 3.86. The first-order valence-corrected chi connectivity index (χ1v) is 6.17. The molecule has 3 atom stereocenters. The van der Waals surface area contributed by atoms with Crippen LogP contribution in [0.2, 0.25) is 0 Å². The molecule has 1 fully saturated rings. The minimum Gasteiger partial charge on any atom is -0.327 e. The number of benzene rings is 1. The Morgan fingerprint density at radius 3 is 2.56 bits per heavy atom. The first-order valence-electron chi connectivity index (χ1n) is 6.17. The Hall–Kier alpha value is -0.890. The molecule has 0 radical (unpaired) electrons. The lowest BCUT2D eigenvalue weighted by Gasteiger charge is -2.23. The van der Waals surface area contributed by atoms with Gasteiger partial charge >= 0.3 is 0 Å². The fourth-order valence-electron chi connectivity index (χ4n) is 2.85. The van der Waals surface area contributed by atoms with Gasteiger partial charge in [-0.3, -0.25) is 0 Å². The predicted octanol–water partition coefficient (Wildman–Crippen LogP) is 3.13. The van der Waals surface area contributed by atoms with Crippen LogP contribution in [0.4, 0.5) is 4.39 Å². The van der Waals surface area contributed by atoms with E-state index in [1.807, 2.05) is 12.1 Å². The number of nitrogens with two attached hydrogens (primary N) is 1. The molecule has 0 saturated heterocycles. The standard InChI is InChI=1S/C14H20FN/c1-10-3-2-4-13(10)14(16)9-11-5-7-12(15)8-6-11/h5-8,10,13-14H,2-4,9,16H2,1H3. The smallest absolute Gasteiger partial charge is 0.123 e. The molecule has 1 nitrogen and oxygen atoms in total. The number of halogens is 1. The predicted molar refractivity (Wildman–Crippen MR) is 64.6 cm³/mol. The third kappa shape index (κ3) is 2.62. The first kappa shape index (κ1) is 11.6. The van der Waals surface area contributed by atoms with Crippen LogP contribution in [0.3, 0.4) is 0 Å². The number of rotatable bonds is 3. The highest BCUT2D eigenvalue weighted by Crippen LogP contribution is 2.33. The van der Waals surface area contributed by atoms with Crippen LogP contribution in [-0.4, -0.2) is 6.04 Å². The third-order valence-corrected chi connectivity index (χ3v) is 3.86. The molecule has 1 aromatic rings. The topological polar surface area (TPSA) is 26.0 Å². The molecule has 1 saturated carbocycles. The van der Waals surface area contributed by atoms with Gasteiger partial charge in [-0.25, -0.2) is 4.39 Å². The van der Waals surface area contributed by atoms with Crippen molar-refractivity contribution < 1.29 is 4.39 Å². The molecule has 0 heterocycles. The van der Waals surface area contributed by atoms with Gasteiger partial charge < -0.3 is 5.73 Å². The van der Waals surface area contributed by atoms with Gasteiger partial charge in [0, 0.05) is 6.04 Å². The number of hydrogen-bond acceptors (Lipinski definition) is 1. The Bertz CT molecular complexity index is 333. The van der Waals surface area contributed by atoms with Crippen molar-refractivity contribution in [3.8, 4) is 0 Å². The van der Waals surface area contributed by atoms with Crippen LogP contribution in [0, 0.1) is 17.7 Å². The zero-order valence-corrected chi connectivity index (χ0v) is 9.83. The van der Waals surface area contributed by atoms with Crippen LogP contribution in [-0.2, 0) is 6.42 Å². The van der Waals surface area contributed by atoms with Crippen LogP contribution in [0.15, 0.2) is 24.3 Å². The van der Waals surface area contributed by atoms with E-state index in [0.717, 1.165) is 17.9 Å². The largest absolute Gasteiger partial charge is 0.327 e. The highest BCUT2D eigenvalue weighted by molar-refractivity contribution is 5.17. The summed E-state index contributed by atoms with van der Waals surface area (Å²) in [6, 6.07) is 6.94. The van der Waals surface area contributed by atoms with E-state index in [0.29, 0.717) is 5.92 Å². The van der Waals surface area contributed by atoms with E-state index in [4.69, 9.17) is 5.73 Å². The molecule has 0 aromatic heterocycles. The number of hydrogen-bond donors (Lipinski definition) is 1. The van der Waals surface area contributed by atoms with E-state index in [9.17, 15) is 4.39 Å². The van der Waals surface area contributed by atoms with Crippen LogP contribution in [0.25, 0.3) is 0 Å². The van der Waals surface area contributed by atoms with Gasteiger partial charge in [-0.15, -0.1) is 0 Å². The highest BCUT2D eigenvalue weighted by Gasteiger charge is 2.28. The average molecular weight is 221 g/mol. The summed E-state index contributed by atoms with van der Waals surface area (Å²) in [5.74, 6) is 1.21. The van der Waals surface area contributed by atoms with E-state index >= 15 is 0 Å². The zero-order valence-electron chi connectivity index (χ0n) is 9.83. The lowest BCUT2D eigenvalue weighted by Crippen LogP contribution is -2.33. The summed E-state index contributed by atoms with van der Waals surface area (Å²) in [6.07, 6.45) is 4.74. The SMILES string of the molecule is CC1CCCC1C(N)Cc1ccc(F)cc1. The van der Waals surface area contributed by atoms with Crippen molar-refractivity contribution in [3.63, 3.8) is 0 Å². The van der Waals surface area contributed by atoms with E-state index in [1.54, 1.807) is 0 Å². The van der Waals surface area contributed by atoms with Crippen molar-refractivity contribution in [1.82, 2.24) is 0 Å². The second-order valence-electron chi connectivity index (χ2n) is 5.07. The van der Waals surface area contributed by atoms with E-state index < -0.39 is 0 Å². The van der Waals surface area contributed by atoms with Gasteiger partial charge in [-0.05, 0) is 42.4 Å². The van der Waals surface area contributed by atoms with Gasteiger partial charge in [-0.1, -0.05) is 31.9 Å². The molecule has 1 aliphatic carbocycles. The monoisotopic (exact) mass is 221 g/mol. The minimum atomic E-state index is -0.174. The molecule has 88 valence electrons. The minimum absolute atomic E-state index is 0.174. The van der Waals surface area contributed by atoms with Crippen molar-refractivity contribution in [1.29, 1.82) is 0 Å². The Morgan fingerprint density at radius 2 is 2.00 bits per heavy atom. The van der Waals surface area contributed by atoms with Crippen molar-refractivity contribution in [2.24, 2.45) is 17.6 Å².